The van der Waals surface area contributed by atoms with Crippen molar-refractivity contribution in [2.75, 3.05) is 13.1 Å². The van der Waals surface area contributed by atoms with E-state index in [0.717, 1.165) is 19.4 Å². The van der Waals surface area contributed by atoms with Crippen LogP contribution in [0.25, 0.3) is 0 Å². The summed E-state index contributed by atoms with van der Waals surface area (Å²) in [4.78, 5) is 13.0. The standard InChI is InChI=1S/C9H15N3O/c1-7(5-10)6-12-4-2-3-8(12)9(11)13/h7-8H,2-4,6H2,1H3,(H2,11,13). The van der Waals surface area contributed by atoms with Crippen molar-refractivity contribution < 1.29 is 4.79 Å². The van der Waals surface area contributed by atoms with Gasteiger partial charge in [-0.15, -0.1) is 0 Å². The van der Waals surface area contributed by atoms with Gasteiger partial charge in [0.1, 0.15) is 0 Å². The predicted molar refractivity (Wildman–Crippen MR) is 48.6 cm³/mol. The summed E-state index contributed by atoms with van der Waals surface area (Å²) in [6.07, 6.45) is 1.85. The number of carbonyl (C=O) groups is 1. The number of primary amides is 1. The molecule has 4 nitrogen and oxygen atoms in total. The number of likely N-dealkylation sites (tertiary alicyclic amines) is 1. The van der Waals surface area contributed by atoms with Gasteiger partial charge in [-0.2, -0.15) is 5.26 Å². The fourth-order valence-corrected chi connectivity index (χ4v) is 1.76. The number of carbonyl (C=O) groups excluding carboxylic acids is 1. The van der Waals surface area contributed by atoms with Crippen LogP contribution < -0.4 is 5.73 Å². The maximum absolute atomic E-state index is 11.0. The summed E-state index contributed by atoms with van der Waals surface area (Å²) in [7, 11) is 0. The molecule has 1 heterocycles. The van der Waals surface area contributed by atoms with Gasteiger partial charge in [0.25, 0.3) is 0 Å². The van der Waals surface area contributed by atoms with Gasteiger partial charge < -0.3 is 5.73 Å². The van der Waals surface area contributed by atoms with E-state index in [0.29, 0.717) is 6.54 Å². The quantitative estimate of drug-likeness (QED) is 0.671. The molecule has 1 rings (SSSR count). The fourth-order valence-electron chi connectivity index (χ4n) is 1.76. The number of rotatable bonds is 3. The Morgan fingerprint density at radius 1 is 1.85 bits per heavy atom. The Kier molecular flexibility index (Phi) is 3.26. The molecule has 1 aliphatic rings. The zero-order chi connectivity index (χ0) is 9.84. The first kappa shape index (κ1) is 10.0. The van der Waals surface area contributed by atoms with Crippen LogP contribution in [-0.4, -0.2) is 29.9 Å². The van der Waals surface area contributed by atoms with E-state index in [9.17, 15) is 4.79 Å². The van der Waals surface area contributed by atoms with Crippen molar-refractivity contribution in [2.24, 2.45) is 11.7 Å². The van der Waals surface area contributed by atoms with Crippen molar-refractivity contribution in [3.63, 3.8) is 0 Å². The third-order valence-electron chi connectivity index (χ3n) is 2.42. The van der Waals surface area contributed by atoms with Gasteiger partial charge in [-0.25, -0.2) is 0 Å². The Balaban J connectivity index is 2.50. The number of amides is 1. The number of nitrogens with zero attached hydrogens (tertiary/aromatic N) is 2. The lowest BCUT2D eigenvalue weighted by Crippen LogP contribution is -2.42. The molecule has 0 aromatic carbocycles. The Labute approximate surface area is 78.3 Å². The first-order valence-electron chi connectivity index (χ1n) is 4.58. The first-order valence-corrected chi connectivity index (χ1v) is 4.58. The summed E-state index contributed by atoms with van der Waals surface area (Å²) in [5.74, 6) is -0.289. The molecule has 0 aliphatic carbocycles. The molecule has 1 aliphatic heterocycles. The summed E-state index contributed by atoms with van der Waals surface area (Å²) in [5, 5.41) is 8.63. The lowest BCUT2D eigenvalue weighted by atomic mass is 10.1. The van der Waals surface area contributed by atoms with Crippen LogP contribution in [0.5, 0.6) is 0 Å². The molecular weight excluding hydrogens is 166 g/mol. The Hall–Kier alpha value is -1.08. The van der Waals surface area contributed by atoms with Crippen LogP contribution in [0.1, 0.15) is 19.8 Å². The van der Waals surface area contributed by atoms with Crippen LogP contribution in [0.4, 0.5) is 0 Å². The van der Waals surface area contributed by atoms with Crippen LogP contribution in [0.3, 0.4) is 0 Å². The molecule has 1 saturated heterocycles. The van der Waals surface area contributed by atoms with Crippen LogP contribution in [-0.2, 0) is 4.79 Å². The highest BCUT2D eigenvalue weighted by Gasteiger charge is 2.29. The molecule has 2 atom stereocenters. The molecule has 72 valence electrons. The average molecular weight is 181 g/mol. The number of nitrogens with two attached hydrogens (primary N) is 1. The van der Waals surface area contributed by atoms with E-state index >= 15 is 0 Å². The van der Waals surface area contributed by atoms with Crippen molar-refractivity contribution in [1.82, 2.24) is 4.90 Å². The van der Waals surface area contributed by atoms with E-state index in [-0.39, 0.29) is 17.9 Å². The van der Waals surface area contributed by atoms with E-state index in [1.807, 2.05) is 11.8 Å². The van der Waals surface area contributed by atoms with Crippen LogP contribution in [0.2, 0.25) is 0 Å². The maximum Gasteiger partial charge on any atom is 0.234 e. The normalized spacial score (nSPS) is 25.4. The SMILES string of the molecule is CC(C#N)CN1CCCC1C(N)=O. The molecule has 2 unspecified atom stereocenters. The molecule has 1 amide bonds. The van der Waals surface area contributed by atoms with Gasteiger partial charge in [-0.05, 0) is 26.3 Å². The zero-order valence-corrected chi connectivity index (χ0v) is 7.86. The van der Waals surface area contributed by atoms with Crippen LogP contribution in [0, 0.1) is 17.2 Å². The number of hydrogen-bond acceptors (Lipinski definition) is 3. The molecule has 0 aromatic heterocycles. The summed E-state index contributed by atoms with van der Waals surface area (Å²) in [5.41, 5.74) is 5.24. The minimum atomic E-state index is -0.261. The molecule has 0 spiro atoms. The number of hydrogen-bond donors (Lipinski definition) is 1. The van der Waals surface area contributed by atoms with Crippen molar-refractivity contribution >= 4 is 5.91 Å². The van der Waals surface area contributed by atoms with E-state index in [1.165, 1.54) is 0 Å². The lowest BCUT2D eigenvalue weighted by Gasteiger charge is -2.22. The summed E-state index contributed by atoms with van der Waals surface area (Å²) in [6, 6.07) is 2.01. The smallest absolute Gasteiger partial charge is 0.234 e. The van der Waals surface area contributed by atoms with Crippen molar-refractivity contribution in [2.45, 2.75) is 25.8 Å². The molecule has 0 bridgehead atoms. The van der Waals surface area contributed by atoms with Crippen LogP contribution >= 0.6 is 0 Å². The zero-order valence-electron chi connectivity index (χ0n) is 7.86. The van der Waals surface area contributed by atoms with Gasteiger partial charge in [-0.3, -0.25) is 9.69 Å². The number of nitriles is 1. The second kappa shape index (κ2) is 4.24. The molecule has 4 heteroatoms. The molecule has 13 heavy (non-hydrogen) atoms. The predicted octanol–water partition coefficient (Wildman–Crippen LogP) is 0.0958. The lowest BCUT2D eigenvalue weighted by molar-refractivity contribution is -0.122. The maximum atomic E-state index is 11.0. The van der Waals surface area contributed by atoms with E-state index in [2.05, 4.69) is 6.07 Å². The second-order valence-electron chi connectivity index (χ2n) is 3.59. The van der Waals surface area contributed by atoms with Crippen molar-refractivity contribution in [1.29, 1.82) is 5.26 Å². The molecule has 2 N–H and O–H groups in total. The van der Waals surface area contributed by atoms with Crippen molar-refractivity contribution in [3.8, 4) is 6.07 Å². The van der Waals surface area contributed by atoms with Gasteiger partial charge >= 0.3 is 0 Å². The molecular formula is C9H15N3O. The average Bonchev–Trinajstić information content (AvgIpc) is 2.52. The van der Waals surface area contributed by atoms with Gasteiger partial charge in [0.2, 0.25) is 5.91 Å². The third kappa shape index (κ3) is 2.43. The highest BCUT2D eigenvalue weighted by atomic mass is 16.1. The minimum absolute atomic E-state index is 0.0278. The summed E-state index contributed by atoms with van der Waals surface area (Å²) in [6.45, 7) is 3.40. The van der Waals surface area contributed by atoms with Gasteiger partial charge in [0, 0.05) is 6.54 Å². The van der Waals surface area contributed by atoms with Crippen LogP contribution in [0.15, 0.2) is 0 Å². The first-order chi connectivity index (χ1) is 6.15. The minimum Gasteiger partial charge on any atom is -0.368 e. The summed E-state index contributed by atoms with van der Waals surface area (Å²) < 4.78 is 0. The molecule has 0 aromatic rings. The Bertz CT molecular complexity index is 234. The van der Waals surface area contributed by atoms with Crippen molar-refractivity contribution in [3.05, 3.63) is 0 Å². The summed E-state index contributed by atoms with van der Waals surface area (Å²) >= 11 is 0. The molecule has 0 radical (unpaired) electrons. The topological polar surface area (TPSA) is 70.1 Å². The Morgan fingerprint density at radius 3 is 3.08 bits per heavy atom. The van der Waals surface area contributed by atoms with Gasteiger partial charge in [0.15, 0.2) is 0 Å². The Morgan fingerprint density at radius 2 is 2.54 bits per heavy atom. The highest BCUT2D eigenvalue weighted by Crippen LogP contribution is 2.17. The van der Waals surface area contributed by atoms with Gasteiger partial charge in [0.05, 0.1) is 18.0 Å². The van der Waals surface area contributed by atoms with Gasteiger partial charge in [-0.1, -0.05) is 0 Å². The van der Waals surface area contributed by atoms with E-state index < -0.39 is 0 Å². The largest absolute Gasteiger partial charge is 0.368 e. The fraction of sp³-hybridized carbons (Fsp3) is 0.778. The monoisotopic (exact) mass is 181 g/mol. The molecule has 1 fully saturated rings. The molecule has 0 saturated carbocycles. The highest BCUT2D eigenvalue weighted by molar-refractivity contribution is 5.80. The van der Waals surface area contributed by atoms with E-state index in [1.54, 1.807) is 0 Å². The second-order valence-corrected chi connectivity index (χ2v) is 3.59. The third-order valence-corrected chi connectivity index (χ3v) is 2.42. The van der Waals surface area contributed by atoms with E-state index in [4.69, 9.17) is 11.0 Å².